The number of hydrogen-bond acceptors (Lipinski definition) is 2. The van der Waals surface area contributed by atoms with Crippen LogP contribution in [0.4, 0.5) is 0 Å². The highest BCUT2D eigenvalue weighted by atomic mass is 32.1. The molecule has 0 spiro atoms. The third-order valence-electron chi connectivity index (χ3n) is 9.62. The van der Waals surface area contributed by atoms with Crippen molar-refractivity contribution in [1.29, 1.82) is 0 Å². The number of thiophene rings is 1. The Labute approximate surface area is 281 Å². The SMILES string of the molecule is c1ccc(-c2ccc(-c3cc(-n4c5cc(-c6ccccc6)ccc5c5c6sc7ccccc7c6ccc54)nc4ccccc34)cc2)cc1. The predicted molar refractivity (Wildman–Crippen MR) is 205 cm³/mol. The van der Waals surface area contributed by atoms with Gasteiger partial charge in [-0.1, -0.05) is 140 Å². The van der Waals surface area contributed by atoms with Crippen molar-refractivity contribution in [2.24, 2.45) is 0 Å². The van der Waals surface area contributed by atoms with Gasteiger partial charge in [-0.25, -0.2) is 4.98 Å². The fourth-order valence-corrected chi connectivity index (χ4v) is 8.59. The molecule has 0 N–H and O–H groups in total. The van der Waals surface area contributed by atoms with Crippen LogP contribution in [0.25, 0.3) is 92.1 Å². The van der Waals surface area contributed by atoms with Crippen molar-refractivity contribution < 1.29 is 0 Å². The van der Waals surface area contributed by atoms with E-state index in [9.17, 15) is 0 Å². The number of pyridine rings is 1. The summed E-state index contributed by atoms with van der Waals surface area (Å²) in [6.45, 7) is 0. The molecule has 0 atom stereocenters. The van der Waals surface area contributed by atoms with Crippen molar-refractivity contribution in [2.45, 2.75) is 0 Å². The fraction of sp³-hybridized carbons (Fsp3) is 0. The number of rotatable bonds is 4. The lowest BCUT2D eigenvalue weighted by Gasteiger charge is -2.14. The highest BCUT2D eigenvalue weighted by molar-refractivity contribution is 7.26. The van der Waals surface area contributed by atoms with E-state index in [1.165, 1.54) is 69.8 Å². The standard InChI is InChI=1S/C45H28N2S/c1-3-11-29(12-4-1)31-19-21-32(22-20-31)38-28-43(46-39-17-9-7-15-34(38)39)47-40-26-25-36-35-16-8-10-18-42(35)48-45(36)44(40)37-24-23-33(27-41(37)47)30-13-5-2-6-14-30/h1-28H. The van der Waals surface area contributed by atoms with Gasteiger partial charge in [-0.05, 0) is 63.7 Å². The number of aromatic nitrogens is 2. The van der Waals surface area contributed by atoms with Crippen LogP contribution in [0.2, 0.25) is 0 Å². The number of para-hydroxylation sites is 1. The second kappa shape index (κ2) is 10.8. The third kappa shape index (κ3) is 4.22. The molecule has 0 radical (unpaired) electrons. The van der Waals surface area contributed by atoms with Gasteiger partial charge in [0.2, 0.25) is 0 Å². The minimum atomic E-state index is 0.918. The summed E-state index contributed by atoms with van der Waals surface area (Å²) in [6.07, 6.45) is 0. The van der Waals surface area contributed by atoms with Crippen LogP contribution >= 0.6 is 11.3 Å². The molecule has 3 aromatic heterocycles. The maximum absolute atomic E-state index is 5.36. The predicted octanol–water partition coefficient (Wildman–Crippen LogP) is 12.7. The zero-order valence-corrected chi connectivity index (χ0v) is 26.8. The van der Waals surface area contributed by atoms with Gasteiger partial charge in [0.25, 0.3) is 0 Å². The molecule has 0 amide bonds. The third-order valence-corrected chi connectivity index (χ3v) is 10.8. The van der Waals surface area contributed by atoms with Gasteiger partial charge in [-0.2, -0.15) is 0 Å². The van der Waals surface area contributed by atoms with Crippen LogP contribution in [0.15, 0.2) is 170 Å². The summed E-state index contributed by atoms with van der Waals surface area (Å²) in [6, 6.07) is 61.2. The molecule has 3 heterocycles. The Morgan fingerprint density at radius 1 is 0.417 bits per heavy atom. The van der Waals surface area contributed by atoms with Gasteiger partial charge in [0.1, 0.15) is 5.82 Å². The van der Waals surface area contributed by atoms with E-state index in [0.717, 1.165) is 22.2 Å². The van der Waals surface area contributed by atoms with Crippen molar-refractivity contribution in [3.05, 3.63) is 170 Å². The molecule has 48 heavy (non-hydrogen) atoms. The number of benzene rings is 7. The van der Waals surface area contributed by atoms with E-state index in [1.807, 2.05) is 11.3 Å². The lowest BCUT2D eigenvalue weighted by atomic mass is 9.98. The van der Waals surface area contributed by atoms with E-state index >= 15 is 0 Å². The minimum absolute atomic E-state index is 0.918. The van der Waals surface area contributed by atoms with E-state index in [1.54, 1.807) is 0 Å². The maximum atomic E-state index is 5.36. The Bertz CT molecular complexity index is 2810. The van der Waals surface area contributed by atoms with Gasteiger partial charge in [-0.3, -0.25) is 4.57 Å². The van der Waals surface area contributed by atoms with Crippen molar-refractivity contribution >= 4 is 64.2 Å². The van der Waals surface area contributed by atoms with E-state index in [0.29, 0.717) is 0 Å². The minimum Gasteiger partial charge on any atom is -0.294 e. The molecule has 0 saturated heterocycles. The first-order chi connectivity index (χ1) is 23.8. The lowest BCUT2D eigenvalue weighted by Crippen LogP contribution is -1.99. The summed E-state index contributed by atoms with van der Waals surface area (Å²) >= 11 is 1.88. The first-order valence-corrected chi connectivity index (χ1v) is 17.1. The summed E-state index contributed by atoms with van der Waals surface area (Å²) in [5, 5.41) is 6.29. The Morgan fingerprint density at radius 3 is 1.81 bits per heavy atom. The second-order valence-corrected chi connectivity index (χ2v) is 13.4. The van der Waals surface area contributed by atoms with Gasteiger partial charge < -0.3 is 0 Å². The summed E-state index contributed by atoms with van der Waals surface area (Å²) in [7, 11) is 0. The molecule has 10 aromatic rings. The van der Waals surface area contributed by atoms with Gasteiger partial charge in [0, 0.05) is 36.3 Å². The van der Waals surface area contributed by atoms with Crippen LogP contribution < -0.4 is 0 Å². The largest absolute Gasteiger partial charge is 0.294 e. The molecule has 7 aromatic carbocycles. The smallest absolute Gasteiger partial charge is 0.138 e. The number of hydrogen-bond donors (Lipinski definition) is 0. The van der Waals surface area contributed by atoms with Gasteiger partial charge in [0.15, 0.2) is 0 Å². The molecule has 2 nitrogen and oxygen atoms in total. The van der Waals surface area contributed by atoms with Gasteiger partial charge in [0.05, 0.1) is 16.6 Å². The quantitative estimate of drug-likeness (QED) is 0.190. The van der Waals surface area contributed by atoms with E-state index in [2.05, 4.69) is 174 Å². The topological polar surface area (TPSA) is 17.8 Å². The second-order valence-electron chi connectivity index (χ2n) is 12.4. The average Bonchev–Trinajstić information content (AvgIpc) is 3.70. The average molecular weight is 629 g/mol. The van der Waals surface area contributed by atoms with Crippen LogP contribution in [-0.2, 0) is 0 Å². The fourth-order valence-electron chi connectivity index (χ4n) is 7.33. The van der Waals surface area contributed by atoms with Crippen molar-refractivity contribution in [3.8, 4) is 39.2 Å². The molecule has 0 unspecified atom stereocenters. The molecule has 0 aliphatic heterocycles. The van der Waals surface area contributed by atoms with Crippen LogP contribution in [-0.4, -0.2) is 9.55 Å². The highest BCUT2D eigenvalue weighted by Crippen LogP contribution is 2.44. The molecule has 224 valence electrons. The van der Waals surface area contributed by atoms with Crippen LogP contribution in [0.3, 0.4) is 0 Å². The summed E-state index contributed by atoms with van der Waals surface area (Å²) < 4.78 is 5.02. The first-order valence-electron chi connectivity index (χ1n) is 16.3. The molecule has 0 fully saturated rings. The monoisotopic (exact) mass is 628 g/mol. The Morgan fingerprint density at radius 2 is 1.02 bits per heavy atom. The number of fused-ring (bicyclic) bond motifs is 8. The van der Waals surface area contributed by atoms with Crippen molar-refractivity contribution in [1.82, 2.24) is 9.55 Å². The van der Waals surface area contributed by atoms with Crippen LogP contribution in [0, 0.1) is 0 Å². The molecule has 0 aliphatic carbocycles. The molecular formula is C45H28N2S. The van der Waals surface area contributed by atoms with E-state index in [4.69, 9.17) is 4.98 Å². The molecular weight excluding hydrogens is 601 g/mol. The van der Waals surface area contributed by atoms with Gasteiger partial charge in [-0.15, -0.1) is 11.3 Å². The van der Waals surface area contributed by atoms with E-state index < -0.39 is 0 Å². The number of nitrogens with zero attached hydrogens (tertiary/aromatic N) is 2. The van der Waals surface area contributed by atoms with Crippen molar-refractivity contribution in [3.63, 3.8) is 0 Å². The Hall–Kier alpha value is -6.03. The summed E-state index contributed by atoms with van der Waals surface area (Å²) in [5.41, 5.74) is 10.5. The zero-order chi connectivity index (χ0) is 31.6. The lowest BCUT2D eigenvalue weighted by molar-refractivity contribution is 1.10. The highest BCUT2D eigenvalue weighted by Gasteiger charge is 2.20. The normalized spacial score (nSPS) is 11.8. The van der Waals surface area contributed by atoms with Crippen LogP contribution in [0.5, 0.6) is 0 Å². The van der Waals surface area contributed by atoms with Gasteiger partial charge >= 0.3 is 0 Å². The first kappa shape index (κ1) is 27.1. The summed E-state index contributed by atoms with van der Waals surface area (Å²) in [4.78, 5) is 5.36. The Kier molecular flexibility index (Phi) is 6.08. The molecule has 10 rings (SSSR count). The Balaban J connectivity index is 1.27. The maximum Gasteiger partial charge on any atom is 0.138 e. The van der Waals surface area contributed by atoms with Crippen LogP contribution in [0.1, 0.15) is 0 Å². The van der Waals surface area contributed by atoms with E-state index in [-0.39, 0.29) is 0 Å². The molecule has 0 saturated carbocycles. The molecule has 3 heteroatoms. The zero-order valence-electron chi connectivity index (χ0n) is 26.0. The molecule has 0 aliphatic rings. The summed E-state index contributed by atoms with van der Waals surface area (Å²) in [5.74, 6) is 0.918. The molecule has 0 bridgehead atoms. The van der Waals surface area contributed by atoms with Crippen molar-refractivity contribution in [2.75, 3.05) is 0 Å².